The first-order valence-corrected chi connectivity index (χ1v) is 3.67. The Bertz CT molecular complexity index is 155. The highest BCUT2D eigenvalue weighted by Crippen LogP contribution is 2.25. The average molecular weight is 141 g/mol. The highest BCUT2D eigenvalue weighted by molar-refractivity contribution is 5.74. The van der Waals surface area contributed by atoms with Gasteiger partial charge >= 0.3 is 0 Å². The van der Waals surface area contributed by atoms with E-state index in [-0.39, 0.29) is 5.41 Å². The third-order valence-electron chi connectivity index (χ3n) is 1.79. The van der Waals surface area contributed by atoms with Crippen molar-refractivity contribution >= 4 is 5.90 Å². The van der Waals surface area contributed by atoms with Gasteiger partial charge in [-0.2, -0.15) is 0 Å². The van der Waals surface area contributed by atoms with Gasteiger partial charge < -0.3 is 4.74 Å². The molecule has 0 unspecified atom stereocenters. The van der Waals surface area contributed by atoms with E-state index in [1.165, 1.54) is 0 Å². The molecule has 0 radical (unpaired) electrons. The van der Waals surface area contributed by atoms with Gasteiger partial charge in [0.1, 0.15) is 6.61 Å². The van der Waals surface area contributed by atoms with Gasteiger partial charge in [-0.3, -0.25) is 0 Å². The maximum absolute atomic E-state index is 5.24. The molecule has 0 aromatic heterocycles. The number of aliphatic imine (C=N–C) groups is 1. The molecule has 0 aliphatic carbocycles. The van der Waals surface area contributed by atoms with Crippen LogP contribution in [-0.4, -0.2) is 18.5 Å². The van der Waals surface area contributed by atoms with Gasteiger partial charge in [0.15, 0.2) is 5.90 Å². The maximum atomic E-state index is 5.24. The molecule has 0 spiro atoms. The zero-order valence-corrected chi connectivity index (χ0v) is 7.14. The van der Waals surface area contributed by atoms with Gasteiger partial charge in [0.2, 0.25) is 0 Å². The zero-order valence-electron chi connectivity index (χ0n) is 7.14. The van der Waals surface area contributed by atoms with Crippen molar-refractivity contribution in [3.8, 4) is 0 Å². The lowest BCUT2D eigenvalue weighted by Gasteiger charge is -2.21. The second-order valence-corrected chi connectivity index (χ2v) is 3.84. The predicted molar refractivity (Wildman–Crippen MR) is 42.3 cm³/mol. The van der Waals surface area contributed by atoms with Crippen molar-refractivity contribution in [3.63, 3.8) is 0 Å². The van der Waals surface area contributed by atoms with Gasteiger partial charge in [-0.1, -0.05) is 20.8 Å². The van der Waals surface area contributed by atoms with E-state index in [1.54, 1.807) is 0 Å². The number of nitrogens with zero attached hydrogens (tertiary/aromatic N) is 1. The van der Waals surface area contributed by atoms with Crippen molar-refractivity contribution in [3.05, 3.63) is 0 Å². The van der Waals surface area contributed by atoms with Gasteiger partial charge in [-0.15, -0.1) is 0 Å². The molecule has 0 aromatic carbocycles. The van der Waals surface area contributed by atoms with Crippen LogP contribution < -0.4 is 0 Å². The Hall–Kier alpha value is -0.530. The minimum absolute atomic E-state index is 0.248. The molecule has 58 valence electrons. The summed E-state index contributed by atoms with van der Waals surface area (Å²) < 4.78 is 5.24. The molecule has 2 nitrogen and oxygen atoms in total. The Balaban J connectivity index is 2.61. The average Bonchev–Trinajstić information content (AvgIpc) is 2.11. The maximum Gasteiger partial charge on any atom is 0.180 e. The van der Waals surface area contributed by atoms with E-state index in [1.807, 2.05) is 6.92 Å². The quantitative estimate of drug-likeness (QED) is 0.504. The normalized spacial score (nSPS) is 26.0. The number of hydrogen-bond donors (Lipinski definition) is 0. The Labute approximate surface area is 62.3 Å². The molecule has 0 fully saturated rings. The summed E-state index contributed by atoms with van der Waals surface area (Å²) in [7, 11) is 0. The molecule has 0 saturated carbocycles. The summed E-state index contributed by atoms with van der Waals surface area (Å²) in [5.74, 6) is 0.833. The van der Waals surface area contributed by atoms with Crippen molar-refractivity contribution in [2.75, 3.05) is 6.61 Å². The summed E-state index contributed by atoms with van der Waals surface area (Å²) in [5.41, 5.74) is 0.248. The van der Waals surface area contributed by atoms with Crippen molar-refractivity contribution in [2.24, 2.45) is 10.4 Å². The highest BCUT2D eigenvalue weighted by atomic mass is 16.5. The molecule has 0 aromatic rings. The summed E-state index contributed by atoms with van der Waals surface area (Å²) in [6, 6.07) is 0.354. The highest BCUT2D eigenvalue weighted by Gasteiger charge is 2.28. The second-order valence-electron chi connectivity index (χ2n) is 3.84. The summed E-state index contributed by atoms with van der Waals surface area (Å²) in [6.45, 7) is 9.22. The van der Waals surface area contributed by atoms with Crippen LogP contribution in [-0.2, 0) is 4.74 Å². The van der Waals surface area contributed by atoms with Crippen LogP contribution in [0.5, 0.6) is 0 Å². The first kappa shape index (κ1) is 7.58. The van der Waals surface area contributed by atoms with Crippen molar-refractivity contribution < 1.29 is 4.74 Å². The largest absolute Gasteiger partial charge is 0.479 e. The van der Waals surface area contributed by atoms with Crippen LogP contribution in [0.3, 0.4) is 0 Å². The zero-order chi connectivity index (χ0) is 7.78. The molecular formula is C8H15NO. The van der Waals surface area contributed by atoms with E-state index in [4.69, 9.17) is 4.74 Å². The van der Waals surface area contributed by atoms with Crippen LogP contribution in [0, 0.1) is 5.41 Å². The van der Waals surface area contributed by atoms with Crippen LogP contribution in [0.1, 0.15) is 27.7 Å². The lowest BCUT2D eigenvalue weighted by molar-refractivity contribution is 0.235. The molecule has 0 saturated heterocycles. The fraction of sp³-hybridized carbons (Fsp3) is 0.875. The van der Waals surface area contributed by atoms with E-state index in [9.17, 15) is 0 Å². The van der Waals surface area contributed by atoms with Crippen molar-refractivity contribution in [2.45, 2.75) is 33.7 Å². The van der Waals surface area contributed by atoms with Gasteiger partial charge in [0.05, 0.1) is 6.04 Å². The van der Waals surface area contributed by atoms with E-state index < -0.39 is 0 Å². The molecule has 1 aliphatic heterocycles. The van der Waals surface area contributed by atoms with Crippen LogP contribution in [0.15, 0.2) is 4.99 Å². The Morgan fingerprint density at radius 1 is 1.50 bits per heavy atom. The lowest BCUT2D eigenvalue weighted by Crippen LogP contribution is -2.25. The lowest BCUT2D eigenvalue weighted by atomic mass is 9.88. The Kier molecular flexibility index (Phi) is 1.71. The molecule has 0 amide bonds. The second kappa shape index (κ2) is 2.26. The van der Waals surface area contributed by atoms with Gasteiger partial charge in [0, 0.05) is 6.92 Å². The molecular weight excluding hydrogens is 126 g/mol. The monoisotopic (exact) mass is 141 g/mol. The third-order valence-corrected chi connectivity index (χ3v) is 1.79. The summed E-state index contributed by atoms with van der Waals surface area (Å²) in [6.07, 6.45) is 0. The fourth-order valence-corrected chi connectivity index (χ4v) is 0.937. The van der Waals surface area contributed by atoms with E-state index in [0.29, 0.717) is 6.04 Å². The molecule has 1 atom stereocenters. The molecule has 1 rings (SSSR count). The Morgan fingerprint density at radius 2 is 2.10 bits per heavy atom. The summed E-state index contributed by atoms with van der Waals surface area (Å²) >= 11 is 0. The first-order valence-electron chi connectivity index (χ1n) is 3.67. The van der Waals surface area contributed by atoms with Gasteiger partial charge in [0.25, 0.3) is 0 Å². The topological polar surface area (TPSA) is 21.6 Å². The fourth-order valence-electron chi connectivity index (χ4n) is 0.937. The molecule has 0 N–H and O–H groups in total. The van der Waals surface area contributed by atoms with E-state index in [0.717, 1.165) is 12.5 Å². The third kappa shape index (κ3) is 1.49. The smallest absolute Gasteiger partial charge is 0.180 e. The minimum Gasteiger partial charge on any atom is -0.479 e. The van der Waals surface area contributed by atoms with Crippen LogP contribution >= 0.6 is 0 Å². The first-order chi connectivity index (χ1) is 4.50. The van der Waals surface area contributed by atoms with E-state index >= 15 is 0 Å². The van der Waals surface area contributed by atoms with Crippen LogP contribution in [0.2, 0.25) is 0 Å². The summed E-state index contributed by atoms with van der Waals surface area (Å²) in [5, 5.41) is 0. The molecule has 2 heteroatoms. The Morgan fingerprint density at radius 3 is 2.30 bits per heavy atom. The summed E-state index contributed by atoms with van der Waals surface area (Å²) in [4.78, 5) is 4.35. The van der Waals surface area contributed by atoms with Crippen LogP contribution in [0.4, 0.5) is 0 Å². The molecule has 10 heavy (non-hydrogen) atoms. The van der Waals surface area contributed by atoms with Gasteiger partial charge in [-0.05, 0) is 5.41 Å². The predicted octanol–water partition coefficient (Wildman–Crippen LogP) is 1.85. The van der Waals surface area contributed by atoms with Crippen LogP contribution in [0.25, 0.3) is 0 Å². The number of rotatable bonds is 0. The van der Waals surface area contributed by atoms with Crippen molar-refractivity contribution in [1.29, 1.82) is 0 Å². The van der Waals surface area contributed by atoms with Crippen molar-refractivity contribution in [1.82, 2.24) is 0 Å². The number of hydrogen-bond acceptors (Lipinski definition) is 2. The molecule has 1 heterocycles. The standard InChI is InChI=1S/C8H15NO/c1-6-9-7(5-10-6)8(2,3)4/h7H,5H2,1-4H3/t7-/m0/s1. The SMILES string of the molecule is CC1=N[C@H](C(C)(C)C)CO1. The van der Waals surface area contributed by atoms with E-state index in [2.05, 4.69) is 25.8 Å². The molecule has 0 bridgehead atoms. The number of ether oxygens (including phenoxy) is 1. The minimum atomic E-state index is 0.248. The molecule has 1 aliphatic rings. The van der Waals surface area contributed by atoms with Gasteiger partial charge in [-0.25, -0.2) is 4.99 Å².